The first-order valence-electron chi connectivity index (χ1n) is 5.74. The number of hydrogen-bond acceptors (Lipinski definition) is 2. The maximum Gasteiger partial charge on any atom is 0.308 e. The van der Waals surface area contributed by atoms with E-state index in [1.165, 1.54) is 25.8 Å². The molecule has 3 aliphatic rings. The summed E-state index contributed by atoms with van der Waals surface area (Å²) >= 11 is 0. The molecule has 2 aliphatic heterocycles. The molecule has 3 nitrogen and oxygen atoms in total. The highest BCUT2D eigenvalue weighted by Crippen LogP contribution is 2.44. The Morgan fingerprint density at radius 3 is 2.64 bits per heavy atom. The largest absolute Gasteiger partial charge is 0.481 e. The molecule has 14 heavy (non-hydrogen) atoms. The van der Waals surface area contributed by atoms with Gasteiger partial charge in [0.2, 0.25) is 0 Å². The minimum atomic E-state index is -0.571. The Balaban J connectivity index is 1.71. The molecule has 3 atom stereocenters. The Kier molecular flexibility index (Phi) is 1.84. The highest BCUT2D eigenvalue weighted by atomic mass is 16.4. The highest BCUT2D eigenvalue weighted by molar-refractivity contribution is 5.71. The number of carboxylic acid groups (broad SMARTS) is 1. The van der Waals surface area contributed by atoms with Gasteiger partial charge in [-0.25, -0.2) is 0 Å². The summed E-state index contributed by atoms with van der Waals surface area (Å²) < 4.78 is 0. The molecular weight excluding hydrogens is 178 g/mol. The molecule has 0 radical (unpaired) electrons. The van der Waals surface area contributed by atoms with Crippen LogP contribution in [-0.4, -0.2) is 34.6 Å². The molecule has 1 N–H and O–H groups in total. The van der Waals surface area contributed by atoms with E-state index in [9.17, 15) is 4.79 Å². The quantitative estimate of drug-likeness (QED) is 0.738. The molecule has 3 unspecified atom stereocenters. The van der Waals surface area contributed by atoms with Gasteiger partial charge in [-0.05, 0) is 38.0 Å². The Hall–Kier alpha value is -0.570. The summed E-state index contributed by atoms with van der Waals surface area (Å²) in [6.45, 7) is 1.18. The smallest absolute Gasteiger partial charge is 0.308 e. The van der Waals surface area contributed by atoms with E-state index in [1.54, 1.807) is 0 Å². The van der Waals surface area contributed by atoms with Crippen molar-refractivity contribution < 1.29 is 9.90 Å². The standard InChI is InChI=1S/C11H17NO2/c13-11(14)9-5-8-3-4-10(9)12(8)6-7-1-2-7/h7-10H,1-6H2,(H,13,14). The second-order valence-electron chi connectivity index (χ2n) is 5.12. The molecule has 0 aromatic heterocycles. The van der Waals surface area contributed by atoms with E-state index in [0.29, 0.717) is 12.1 Å². The van der Waals surface area contributed by atoms with Crippen molar-refractivity contribution in [3.05, 3.63) is 0 Å². The molecule has 0 aromatic carbocycles. The number of fused-ring (bicyclic) bond motifs is 2. The van der Waals surface area contributed by atoms with Crippen LogP contribution in [0.3, 0.4) is 0 Å². The molecule has 3 fully saturated rings. The molecule has 78 valence electrons. The van der Waals surface area contributed by atoms with Crippen LogP contribution in [0.2, 0.25) is 0 Å². The second-order valence-corrected chi connectivity index (χ2v) is 5.12. The number of nitrogens with zero attached hydrogens (tertiary/aromatic N) is 1. The van der Waals surface area contributed by atoms with Crippen molar-refractivity contribution in [2.45, 2.75) is 44.2 Å². The third-order valence-corrected chi connectivity index (χ3v) is 4.16. The van der Waals surface area contributed by atoms with E-state index in [0.717, 1.165) is 18.8 Å². The molecule has 0 aromatic rings. The van der Waals surface area contributed by atoms with Gasteiger partial charge in [-0.3, -0.25) is 9.69 Å². The number of carbonyl (C=O) groups is 1. The molecule has 0 amide bonds. The van der Waals surface area contributed by atoms with Crippen molar-refractivity contribution in [3.63, 3.8) is 0 Å². The van der Waals surface area contributed by atoms with Gasteiger partial charge in [-0.2, -0.15) is 0 Å². The predicted octanol–water partition coefficient (Wildman–Crippen LogP) is 1.33. The fraction of sp³-hybridized carbons (Fsp3) is 0.909. The van der Waals surface area contributed by atoms with Crippen LogP contribution in [0.5, 0.6) is 0 Å². The maximum absolute atomic E-state index is 11.0. The highest BCUT2D eigenvalue weighted by Gasteiger charge is 2.50. The van der Waals surface area contributed by atoms with Crippen molar-refractivity contribution in [2.75, 3.05) is 6.54 Å². The van der Waals surface area contributed by atoms with Gasteiger partial charge in [0.25, 0.3) is 0 Å². The first-order chi connectivity index (χ1) is 6.75. The van der Waals surface area contributed by atoms with Crippen molar-refractivity contribution in [3.8, 4) is 0 Å². The third kappa shape index (κ3) is 1.26. The number of aliphatic carboxylic acids is 1. The Morgan fingerprint density at radius 1 is 1.29 bits per heavy atom. The molecule has 1 aliphatic carbocycles. The molecular formula is C11H17NO2. The lowest BCUT2D eigenvalue weighted by molar-refractivity contribution is -0.142. The van der Waals surface area contributed by atoms with Gasteiger partial charge in [0.15, 0.2) is 0 Å². The van der Waals surface area contributed by atoms with Crippen molar-refractivity contribution in [2.24, 2.45) is 11.8 Å². The SMILES string of the molecule is O=C(O)C1CC2CCC1N2CC1CC1. The maximum atomic E-state index is 11.0. The van der Waals surface area contributed by atoms with Crippen LogP contribution in [0, 0.1) is 11.8 Å². The van der Waals surface area contributed by atoms with E-state index in [1.807, 2.05) is 0 Å². The van der Waals surface area contributed by atoms with Crippen molar-refractivity contribution in [1.29, 1.82) is 0 Å². The van der Waals surface area contributed by atoms with Crippen LogP contribution in [0.15, 0.2) is 0 Å². The van der Waals surface area contributed by atoms with Gasteiger partial charge >= 0.3 is 5.97 Å². The summed E-state index contributed by atoms with van der Waals surface area (Å²) in [6.07, 6.45) is 6.00. The lowest BCUT2D eigenvalue weighted by Crippen LogP contribution is -2.34. The zero-order valence-corrected chi connectivity index (χ0v) is 8.35. The lowest BCUT2D eigenvalue weighted by Gasteiger charge is -2.22. The van der Waals surface area contributed by atoms with Gasteiger partial charge in [0, 0.05) is 18.6 Å². The first-order valence-corrected chi connectivity index (χ1v) is 5.74. The van der Waals surface area contributed by atoms with E-state index in [-0.39, 0.29) is 5.92 Å². The normalized spacial score (nSPS) is 41.9. The van der Waals surface area contributed by atoms with Crippen molar-refractivity contribution >= 4 is 5.97 Å². The molecule has 3 rings (SSSR count). The number of rotatable bonds is 3. The molecule has 2 saturated heterocycles. The summed E-state index contributed by atoms with van der Waals surface area (Å²) in [5.41, 5.74) is 0. The number of carboxylic acids is 1. The minimum absolute atomic E-state index is 0.0625. The molecule has 1 saturated carbocycles. The summed E-state index contributed by atoms with van der Waals surface area (Å²) in [4.78, 5) is 13.5. The topological polar surface area (TPSA) is 40.5 Å². The molecule has 2 bridgehead atoms. The summed E-state index contributed by atoms with van der Waals surface area (Å²) in [6, 6.07) is 0.972. The fourth-order valence-electron chi connectivity index (χ4n) is 3.25. The van der Waals surface area contributed by atoms with Gasteiger partial charge in [-0.15, -0.1) is 0 Å². The van der Waals surface area contributed by atoms with Crippen LogP contribution in [0.4, 0.5) is 0 Å². The fourth-order valence-corrected chi connectivity index (χ4v) is 3.25. The van der Waals surface area contributed by atoms with Crippen LogP contribution in [0.1, 0.15) is 32.1 Å². The Bertz CT molecular complexity index is 262. The predicted molar refractivity (Wildman–Crippen MR) is 52.0 cm³/mol. The Morgan fingerprint density at radius 2 is 2.07 bits per heavy atom. The van der Waals surface area contributed by atoms with Gasteiger partial charge in [-0.1, -0.05) is 0 Å². The third-order valence-electron chi connectivity index (χ3n) is 4.16. The summed E-state index contributed by atoms with van der Waals surface area (Å²) in [5.74, 6) is 0.260. The molecule has 3 heteroatoms. The lowest BCUT2D eigenvalue weighted by atomic mass is 9.89. The summed E-state index contributed by atoms with van der Waals surface area (Å²) in [7, 11) is 0. The van der Waals surface area contributed by atoms with E-state index in [2.05, 4.69) is 4.90 Å². The zero-order chi connectivity index (χ0) is 9.71. The average Bonchev–Trinajstić information content (AvgIpc) is 2.82. The van der Waals surface area contributed by atoms with Gasteiger partial charge < -0.3 is 5.11 Å². The monoisotopic (exact) mass is 195 g/mol. The van der Waals surface area contributed by atoms with Crippen LogP contribution < -0.4 is 0 Å². The second kappa shape index (κ2) is 2.96. The average molecular weight is 195 g/mol. The van der Waals surface area contributed by atoms with E-state index < -0.39 is 5.97 Å². The molecule has 2 heterocycles. The minimum Gasteiger partial charge on any atom is -0.481 e. The van der Waals surface area contributed by atoms with Gasteiger partial charge in [0.1, 0.15) is 0 Å². The van der Waals surface area contributed by atoms with Crippen molar-refractivity contribution in [1.82, 2.24) is 4.90 Å². The van der Waals surface area contributed by atoms with Gasteiger partial charge in [0.05, 0.1) is 5.92 Å². The summed E-state index contributed by atoms with van der Waals surface area (Å²) in [5, 5.41) is 9.08. The molecule has 0 spiro atoms. The zero-order valence-electron chi connectivity index (χ0n) is 8.35. The first kappa shape index (κ1) is 8.72. The van der Waals surface area contributed by atoms with Crippen LogP contribution in [-0.2, 0) is 4.79 Å². The Labute approximate surface area is 84.1 Å². The van der Waals surface area contributed by atoms with Crippen LogP contribution in [0.25, 0.3) is 0 Å². The number of hydrogen-bond donors (Lipinski definition) is 1. The van der Waals surface area contributed by atoms with Crippen LogP contribution >= 0.6 is 0 Å². The van der Waals surface area contributed by atoms with E-state index in [4.69, 9.17) is 5.11 Å². The van der Waals surface area contributed by atoms with E-state index >= 15 is 0 Å².